The second kappa shape index (κ2) is 6.36. The van der Waals surface area contributed by atoms with E-state index in [4.69, 9.17) is 14.9 Å². The minimum atomic E-state index is -0.678. The number of carbonyl (C=O) groups is 1. The number of hydrogen-bond acceptors (Lipinski definition) is 4. The van der Waals surface area contributed by atoms with Crippen LogP contribution in [0, 0.1) is 0 Å². The number of aromatic nitrogens is 1. The monoisotopic (exact) mass is 308 g/mol. The van der Waals surface area contributed by atoms with Crippen molar-refractivity contribution in [1.29, 1.82) is 0 Å². The molecule has 1 atom stereocenters. The summed E-state index contributed by atoms with van der Waals surface area (Å²) >= 11 is 0. The van der Waals surface area contributed by atoms with E-state index in [9.17, 15) is 4.79 Å². The van der Waals surface area contributed by atoms with Crippen molar-refractivity contribution in [3.8, 4) is 17.0 Å². The van der Waals surface area contributed by atoms with Crippen LogP contribution in [-0.2, 0) is 0 Å². The first kappa shape index (κ1) is 14.8. The lowest BCUT2D eigenvalue weighted by atomic mass is 10.1. The summed E-state index contributed by atoms with van der Waals surface area (Å²) in [4.78, 5) is 15.9. The summed E-state index contributed by atoms with van der Waals surface area (Å²) in [7, 11) is 0. The molecule has 5 heteroatoms. The van der Waals surface area contributed by atoms with Crippen LogP contribution in [0.2, 0.25) is 0 Å². The fourth-order valence-electron chi connectivity index (χ4n) is 2.30. The number of nitrogens with two attached hydrogens (primary N) is 1. The van der Waals surface area contributed by atoms with Gasteiger partial charge in [-0.1, -0.05) is 36.4 Å². The molecular formula is C18H16N2O3. The van der Waals surface area contributed by atoms with Gasteiger partial charge >= 0.3 is 0 Å². The molecule has 116 valence electrons. The van der Waals surface area contributed by atoms with Crippen LogP contribution in [0.4, 0.5) is 0 Å². The smallest absolute Gasteiger partial charge is 0.288 e. The third kappa shape index (κ3) is 3.08. The second-order valence-corrected chi connectivity index (χ2v) is 5.06. The molecule has 23 heavy (non-hydrogen) atoms. The van der Waals surface area contributed by atoms with Gasteiger partial charge in [-0.3, -0.25) is 9.78 Å². The zero-order chi connectivity index (χ0) is 16.2. The summed E-state index contributed by atoms with van der Waals surface area (Å²) in [5.74, 6) is -0.372. The molecule has 3 aromatic rings. The van der Waals surface area contributed by atoms with Gasteiger partial charge in [-0.15, -0.1) is 0 Å². The number of amides is 1. The molecule has 0 aliphatic heterocycles. The molecule has 0 aliphatic rings. The van der Waals surface area contributed by atoms with Gasteiger partial charge in [0.1, 0.15) is 12.4 Å². The lowest BCUT2D eigenvalue weighted by molar-refractivity contribution is 0.0964. The summed E-state index contributed by atoms with van der Waals surface area (Å²) in [5.41, 5.74) is 7.62. The predicted molar refractivity (Wildman–Crippen MR) is 85.9 cm³/mol. The number of rotatable bonds is 5. The minimum Gasteiger partial charge on any atom is -0.481 e. The fourth-order valence-corrected chi connectivity index (χ4v) is 2.30. The number of hydrogen-bond donors (Lipinski definition) is 1. The highest BCUT2D eigenvalue weighted by atomic mass is 16.5. The van der Waals surface area contributed by atoms with Crippen molar-refractivity contribution in [2.75, 3.05) is 0 Å². The molecule has 2 aromatic heterocycles. The standard InChI is InChI=1S/C18H16N2O3/c1-12(13-7-3-2-4-8-13)23-16-14(11-22-17(16)18(19)21)15-9-5-6-10-20-15/h2-12H,1H3,(H2,19,21). The van der Waals surface area contributed by atoms with E-state index < -0.39 is 5.91 Å². The van der Waals surface area contributed by atoms with E-state index >= 15 is 0 Å². The van der Waals surface area contributed by atoms with Crippen molar-refractivity contribution in [2.45, 2.75) is 13.0 Å². The topological polar surface area (TPSA) is 78.3 Å². The van der Waals surface area contributed by atoms with Gasteiger partial charge in [-0.2, -0.15) is 0 Å². The molecular weight excluding hydrogens is 292 g/mol. The summed E-state index contributed by atoms with van der Waals surface area (Å²) < 4.78 is 11.3. The maximum atomic E-state index is 11.6. The molecule has 0 bridgehead atoms. The van der Waals surface area contributed by atoms with E-state index in [0.29, 0.717) is 17.0 Å². The molecule has 1 unspecified atom stereocenters. The van der Waals surface area contributed by atoms with Crippen LogP contribution in [0.1, 0.15) is 29.1 Å². The minimum absolute atomic E-state index is 0.00608. The van der Waals surface area contributed by atoms with Crippen molar-refractivity contribution in [3.05, 3.63) is 72.3 Å². The second-order valence-electron chi connectivity index (χ2n) is 5.06. The Morgan fingerprint density at radius 1 is 1.17 bits per heavy atom. The van der Waals surface area contributed by atoms with Crippen molar-refractivity contribution >= 4 is 5.91 Å². The highest BCUT2D eigenvalue weighted by molar-refractivity contribution is 5.95. The molecule has 0 saturated carbocycles. The molecule has 2 heterocycles. The van der Waals surface area contributed by atoms with Crippen molar-refractivity contribution < 1.29 is 13.9 Å². The molecule has 0 radical (unpaired) electrons. The highest BCUT2D eigenvalue weighted by Gasteiger charge is 2.23. The van der Waals surface area contributed by atoms with Gasteiger partial charge in [0.05, 0.1) is 11.3 Å². The SMILES string of the molecule is CC(Oc1c(-c2ccccn2)coc1C(N)=O)c1ccccc1. The normalized spacial score (nSPS) is 11.9. The predicted octanol–water partition coefficient (Wildman–Crippen LogP) is 3.58. The summed E-state index contributed by atoms with van der Waals surface area (Å²) in [6.07, 6.45) is 2.83. The maximum Gasteiger partial charge on any atom is 0.288 e. The van der Waals surface area contributed by atoms with Crippen LogP contribution < -0.4 is 10.5 Å². The summed E-state index contributed by atoms with van der Waals surface area (Å²) in [6, 6.07) is 15.2. The van der Waals surface area contributed by atoms with E-state index in [1.165, 1.54) is 6.26 Å². The Morgan fingerprint density at radius 3 is 2.57 bits per heavy atom. The van der Waals surface area contributed by atoms with Crippen molar-refractivity contribution in [2.24, 2.45) is 5.73 Å². The number of ether oxygens (including phenoxy) is 1. The Balaban J connectivity index is 2.00. The van der Waals surface area contributed by atoms with Crippen LogP contribution in [0.5, 0.6) is 5.75 Å². The quantitative estimate of drug-likeness (QED) is 0.781. The Kier molecular flexibility index (Phi) is 4.10. The van der Waals surface area contributed by atoms with Gasteiger partial charge in [0.25, 0.3) is 5.91 Å². The average molecular weight is 308 g/mol. The summed E-state index contributed by atoms with van der Waals surface area (Å²) in [5, 5.41) is 0. The lowest BCUT2D eigenvalue weighted by Crippen LogP contribution is -2.13. The molecule has 2 N–H and O–H groups in total. The Hall–Kier alpha value is -3.08. The van der Waals surface area contributed by atoms with Gasteiger partial charge in [-0.25, -0.2) is 0 Å². The van der Waals surface area contributed by atoms with Gasteiger partial charge < -0.3 is 14.9 Å². The molecule has 0 spiro atoms. The van der Waals surface area contributed by atoms with Gasteiger partial charge in [-0.05, 0) is 24.6 Å². The molecule has 3 rings (SSSR count). The zero-order valence-electron chi connectivity index (χ0n) is 12.6. The van der Waals surface area contributed by atoms with Crippen LogP contribution in [0.3, 0.4) is 0 Å². The van der Waals surface area contributed by atoms with Crippen LogP contribution in [0.25, 0.3) is 11.3 Å². The van der Waals surface area contributed by atoms with Gasteiger partial charge in [0, 0.05) is 6.20 Å². The van der Waals surface area contributed by atoms with Crippen LogP contribution >= 0.6 is 0 Å². The van der Waals surface area contributed by atoms with E-state index in [1.54, 1.807) is 6.20 Å². The van der Waals surface area contributed by atoms with Gasteiger partial charge in [0.15, 0.2) is 5.75 Å². The average Bonchev–Trinajstić information content (AvgIpc) is 3.00. The lowest BCUT2D eigenvalue weighted by Gasteiger charge is -2.15. The number of nitrogens with zero attached hydrogens (tertiary/aromatic N) is 1. The number of benzene rings is 1. The molecule has 1 amide bonds. The zero-order valence-corrected chi connectivity index (χ0v) is 12.6. The number of pyridine rings is 1. The first-order valence-electron chi connectivity index (χ1n) is 7.21. The van der Waals surface area contributed by atoms with Crippen LogP contribution in [0.15, 0.2) is 65.4 Å². The Bertz CT molecular complexity index is 798. The highest BCUT2D eigenvalue weighted by Crippen LogP contribution is 2.36. The largest absolute Gasteiger partial charge is 0.481 e. The van der Waals surface area contributed by atoms with E-state index in [-0.39, 0.29) is 11.9 Å². The summed E-state index contributed by atoms with van der Waals surface area (Å²) in [6.45, 7) is 1.90. The maximum absolute atomic E-state index is 11.6. The van der Waals surface area contributed by atoms with Gasteiger partial charge in [0.2, 0.25) is 5.76 Å². The molecule has 0 aliphatic carbocycles. The van der Waals surface area contributed by atoms with Crippen LogP contribution in [-0.4, -0.2) is 10.9 Å². The number of furan rings is 1. The third-order valence-electron chi connectivity index (χ3n) is 3.47. The molecule has 1 aromatic carbocycles. The Morgan fingerprint density at radius 2 is 1.91 bits per heavy atom. The number of carbonyl (C=O) groups excluding carboxylic acids is 1. The first-order valence-corrected chi connectivity index (χ1v) is 7.21. The molecule has 5 nitrogen and oxygen atoms in total. The molecule has 0 saturated heterocycles. The van der Waals surface area contributed by atoms with E-state index in [0.717, 1.165) is 5.56 Å². The Labute approximate surface area is 133 Å². The van der Waals surface area contributed by atoms with E-state index in [2.05, 4.69) is 4.98 Å². The van der Waals surface area contributed by atoms with E-state index in [1.807, 2.05) is 55.5 Å². The van der Waals surface area contributed by atoms with Crippen molar-refractivity contribution in [3.63, 3.8) is 0 Å². The van der Waals surface area contributed by atoms with Crippen molar-refractivity contribution in [1.82, 2.24) is 4.98 Å². The molecule has 0 fully saturated rings. The fraction of sp³-hybridized carbons (Fsp3) is 0.111. The third-order valence-corrected chi connectivity index (χ3v) is 3.47. The number of primary amides is 1. The first-order chi connectivity index (χ1) is 11.2.